The lowest BCUT2D eigenvalue weighted by Crippen LogP contribution is -2.42. The van der Waals surface area contributed by atoms with Crippen LogP contribution in [0.2, 0.25) is 0 Å². The number of hydrogen-bond acceptors (Lipinski definition) is 4. The van der Waals surface area contributed by atoms with Crippen LogP contribution in [0.5, 0.6) is 5.88 Å². The zero-order chi connectivity index (χ0) is 13.0. The summed E-state index contributed by atoms with van der Waals surface area (Å²) in [7, 11) is 1.59. The van der Waals surface area contributed by atoms with E-state index >= 15 is 0 Å². The molecule has 2 N–H and O–H groups in total. The molecule has 1 aliphatic carbocycles. The summed E-state index contributed by atoms with van der Waals surface area (Å²) >= 11 is 0. The van der Waals surface area contributed by atoms with Crippen LogP contribution in [-0.2, 0) is 11.3 Å². The predicted octanol–water partition coefficient (Wildman–Crippen LogP) is 0.847. The van der Waals surface area contributed by atoms with E-state index in [1.54, 1.807) is 13.3 Å². The predicted molar refractivity (Wildman–Crippen MR) is 68.3 cm³/mol. The third-order valence-electron chi connectivity index (χ3n) is 2.96. The van der Waals surface area contributed by atoms with Gasteiger partial charge in [-0.1, -0.05) is 6.07 Å². The smallest absolute Gasteiger partial charge is 0.237 e. The molecule has 0 aliphatic heterocycles. The molecule has 1 atom stereocenters. The van der Waals surface area contributed by atoms with Gasteiger partial charge in [-0.2, -0.15) is 0 Å². The lowest BCUT2D eigenvalue weighted by Gasteiger charge is -2.14. The first kappa shape index (κ1) is 12.8. The van der Waals surface area contributed by atoms with Gasteiger partial charge in [0.05, 0.1) is 13.2 Å². The summed E-state index contributed by atoms with van der Waals surface area (Å²) in [6, 6.07) is 3.98. The molecule has 0 radical (unpaired) electrons. The van der Waals surface area contributed by atoms with Crippen LogP contribution < -0.4 is 15.4 Å². The number of amides is 1. The number of carbonyl (C=O) groups excluding carboxylic acids is 1. The molecule has 0 spiro atoms. The molecule has 1 unspecified atom stereocenters. The van der Waals surface area contributed by atoms with Crippen LogP contribution in [0, 0.1) is 0 Å². The highest BCUT2D eigenvalue weighted by atomic mass is 16.5. The number of hydrogen-bond donors (Lipinski definition) is 2. The van der Waals surface area contributed by atoms with Crippen molar-refractivity contribution >= 4 is 5.91 Å². The average Bonchev–Trinajstić information content (AvgIpc) is 3.20. The Hall–Kier alpha value is -1.62. The summed E-state index contributed by atoms with van der Waals surface area (Å²) in [4.78, 5) is 15.9. The highest BCUT2D eigenvalue weighted by molar-refractivity contribution is 5.81. The quantitative estimate of drug-likeness (QED) is 0.784. The van der Waals surface area contributed by atoms with Gasteiger partial charge in [-0.15, -0.1) is 0 Å². The third-order valence-corrected chi connectivity index (χ3v) is 2.96. The monoisotopic (exact) mass is 249 g/mol. The van der Waals surface area contributed by atoms with Gasteiger partial charge >= 0.3 is 0 Å². The number of nitrogens with zero attached hydrogens (tertiary/aromatic N) is 1. The molecule has 1 saturated carbocycles. The fraction of sp³-hybridized carbons (Fsp3) is 0.538. The van der Waals surface area contributed by atoms with Crippen molar-refractivity contribution in [1.29, 1.82) is 0 Å². The normalized spacial score (nSPS) is 16.1. The molecule has 98 valence electrons. The van der Waals surface area contributed by atoms with E-state index in [1.807, 2.05) is 19.1 Å². The van der Waals surface area contributed by atoms with Crippen molar-refractivity contribution in [3.8, 4) is 5.88 Å². The van der Waals surface area contributed by atoms with Gasteiger partial charge in [0.25, 0.3) is 0 Å². The van der Waals surface area contributed by atoms with Gasteiger partial charge in [0.2, 0.25) is 11.8 Å². The summed E-state index contributed by atoms with van der Waals surface area (Å²) in [5, 5.41) is 6.14. The highest BCUT2D eigenvalue weighted by Crippen LogP contribution is 2.18. The van der Waals surface area contributed by atoms with E-state index < -0.39 is 0 Å². The number of carbonyl (C=O) groups is 1. The molecule has 1 aromatic heterocycles. The average molecular weight is 249 g/mol. The SMILES string of the molecule is COc1ncccc1CNC(C)C(=O)NC1CC1. The van der Waals surface area contributed by atoms with Gasteiger partial charge in [0.15, 0.2) is 0 Å². The molecule has 1 amide bonds. The van der Waals surface area contributed by atoms with E-state index in [9.17, 15) is 4.79 Å². The first-order chi connectivity index (χ1) is 8.70. The molecular formula is C13H19N3O2. The van der Waals surface area contributed by atoms with Crippen LogP contribution in [0.3, 0.4) is 0 Å². The summed E-state index contributed by atoms with van der Waals surface area (Å²) in [6.07, 6.45) is 3.90. The zero-order valence-electron chi connectivity index (χ0n) is 10.8. The van der Waals surface area contributed by atoms with Crippen molar-refractivity contribution in [3.63, 3.8) is 0 Å². The third kappa shape index (κ3) is 3.43. The Balaban J connectivity index is 1.84. The van der Waals surface area contributed by atoms with Crippen molar-refractivity contribution in [1.82, 2.24) is 15.6 Å². The van der Waals surface area contributed by atoms with Crippen molar-refractivity contribution in [3.05, 3.63) is 23.9 Å². The molecule has 0 aromatic carbocycles. The number of methoxy groups -OCH3 is 1. The Bertz CT molecular complexity index is 418. The van der Waals surface area contributed by atoms with E-state index in [1.165, 1.54) is 0 Å². The molecular weight excluding hydrogens is 230 g/mol. The fourth-order valence-corrected chi connectivity index (χ4v) is 1.65. The topological polar surface area (TPSA) is 63.2 Å². The number of ether oxygens (including phenoxy) is 1. The summed E-state index contributed by atoms with van der Waals surface area (Å²) in [6.45, 7) is 2.43. The molecule has 5 nitrogen and oxygen atoms in total. The number of aromatic nitrogens is 1. The van der Waals surface area contributed by atoms with Crippen LogP contribution in [0.15, 0.2) is 18.3 Å². The summed E-state index contributed by atoms with van der Waals surface area (Å²) < 4.78 is 5.16. The van der Waals surface area contributed by atoms with Crippen LogP contribution in [0.4, 0.5) is 0 Å². The Kier molecular flexibility index (Phi) is 4.15. The Morgan fingerprint density at radius 2 is 2.39 bits per heavy atom. The van der Waals surface area contributed by atoms with Crippen molar-refractivity contribution in [2.24, 2.45) is 0 Å². The van der Waals surface area contributed by atoms with Gasteiger partial charge in [-0.05, 0) is 25.8 Å². The van der Waals surface area contributed by atoms with Gasteiger partial charge in [-0.3, -0.25) is 4.79 Å². The lowest BCUT2D eigenvalue weighted by molar-refractivity contribution is -0.122. The van der Waals surface area contributed by atoms with E-state index in [0.29, 0.717) is 18.5 Å². The molecule has 5 heteroatoms. The van der Waals surface area contributed by atoms with Gasteiger partial charge in [-0.25, -0.2) is 4.98 Å². The molecule has 1 heterocycles. The molecule has 2 rings (SSSR count). The van der Waals surface area contributed by atoms with Crippen LogP contribution in [0.25, 0.3) is 0 Å². The van der Waals surface area contributed by atoms with E-state index in [-0.39, 0.29) is 11.9 Å². The van der Waals surface area contributed by atoms with Gasteiger partial charge < -0.3 is 15.4 Å². The molecule has 1 aromatic rings. The van der Waals surface area contributed by atoms with Crippen molar-refractivity contribution in [2.45, 2.75) is 38.4 Å². The summed E-state index contributed by atoms with van der Waals surface area (Å²) in [5.74, 6) is 0.653. The van der Waals surface area contributed by atoms with Crippen LogP contribution in [0.1, 0.15) is 25.3 Å². The van der Waals surface area contributed by atoms with E-state index in [0.717, 1.165) is 18.4 Å². The minimum atomic E-state index is -0.212. The standard InChI is InChI=1S/C13H19N3O2/c1-9(12(17)16-11-5-6-11)15-8-10-4-3-7-14-13(10)18-2/h3-4,7,9,11,15H,5-6,8H2,1-2H3,(H,16,17). The minimum absolute atomic E-state index is 0.0559. The fourth-order valence-electron chi connectivity index (χ4n) is 1.65. The molecule has 0 bridgehead atoms. The maximum Gasteiger partial charge on any atom is 0.237 e. The molecule has 1 fully saturated rings. The van der Waals surface area contributed by atoms with Crippen molar-refractivity contribution in [2.75, 3.05) is 7.11 Å². The first-order valence-corrected chi connectivity index (χ1v) is 6.22. The highest BCUT2D eigenvalue weighted by Gasteiger charge is 2.25. The second-order valence-corrected chi connectivity index (χ2v) is 4.56. The first-order valence-electron chi connectivity index (χ1n) is 6.22. The number of nitrogens with one attached hydrogen (secondary N) is 2. The van der Waals surface area contributed by atoms with Crippen molar-refractivity contribution < 1.29 is 9.53 Å². The minimum Gasteiger partial charge on any atom is -0.481 e. The van der Waals surface area contributed by atoms with Gasteiger partial charge in [0, 0.05) is 24.3 Å². The lowest BCUT2D eigenvalue weighted by atomic mass is 10.2. The zero-order valence-corrected chi connectivity index (χ0v) is 10.8. The van der Waals surface area contributed by atoms with Gasteiger partial charge in [0.1, 0.15) is 0 Å². The van der Waals surface area contributed by atoms with E-state index in [4.69, 9.17) is 4.74 Å². The molecule has 1 aliphatic rings. The molecule has 18 heavy (non-hydrogen) atoms. The number of pyridine rings is 1. The number of rotatable bonds is 6. The van der Waals surface area contributed by atoms with Crippen LogP contribution >= 0.6 is 0 Å². The second kappa shape index (κ2) is 5.82. The van der Waals surface area contributed by atoms with E-state index in [2.05, 4.69) is 15.6 Å². The van der Waals surface area contributed by atoms with Crippen LogP contribution in [-0.4, -0.2) is 30.1 Å². The second-order valence-electron chi connectivity index (χ2n) is 4.56. The largest absolute Gasteiger partial charge is 0.481 e. The summed E-state index contributed by atoms with van der Waals surface area (Å²) in [5.41, 5.74) is 0.950. The Morgan fingerprint density at radius 1 is 1.61 bits per heavy atom. The maximum absolute atomic E-state index is 11.7. The molecule has 0 saturated heterocycles. The maximum atomic E-state index is 11.7. The Labute approximate surface area is 107 Å². The Morgan fingerprint density at radius 3 is 3.06 bits per heavy atom.